The standard InChI is InChI=1S/C17H25NO3/c1-17(2,3)21-16(20)18-13-9-5-4-6-10-14-11-7-8-12-15(14)19/h4,6-8,11-12,19H,5,9-10,13H2,1-3H3,(H,18,20). The number of para-hydroxylation sites is 1. The lowest BCUT2D eigenvalue weighted by molar-refractivity contribution is 0.0527. The van der Waals surface area contributed by atoms with E-state index >= 15 is 0 Å². The lowest BCUT2D eigenvalue weighted by Crippen LogP contribution is -2.32. The zero-order valence-corrected chi connectivity index (χ0v) is 13.1. The second-order valence-electron chi connectivity index (χ2n) is 5.88. The first kappa shape index (κ1) is 17.1. The van der Waals surface area contributed by atoms with Crippen molar-refractivity contribution in [2.24, 2.45) is 0 Å². The average Bonchev–Trinajstić information content (AvgIpc) is 2.37. The summed E-state index contributed by atoms with van der Waals surface area (Å²) in [6.45, 7) is 6.12. The molecule has 0 saturated carbocycles. The summed E-state index contributed by atoms with van der Waals surface area (Å²) in [4.78, 5) is 11.4. The number of nitrogens with one attached hydrogen (secondary N) is 1. The molecule has 0 unspecified atom stereocenters. The summed E-state index contributed by atoms with van der Waals surface area (Å²) >= 11 is 0. The van der Waals surface area contributed by atoms with Crippen molar-refractivity contribution in [2.75, 3.05) is 6.54 Å². The van der Waals surface area contributed by atoms with Crippen LogP contribution < -0.4 is 5.32 Å². The molecule has 0 aliphatic rings. The molecule has 0 aromatic heterocycles. The van der Waals surface area contributed by atoms with Crippen LogP contribution in [0.2, 0.25) is 0 Å². The quantitative estimate of drug-likeness (QED) is 0.619. The number of carbonyl (C=O) groups excluding carboxylic acids is 1. The fraction of sp³-hybridized carbons (Fsp3) is 0.471. The fourth-order valence-corrected chi connectivity index (χ4v) is 1.74. The van der Waals surface area contributed by atoms with Crippen molar-refractivity contribution in [3.63, 3.8) is 0 Å². The highest BCUT2D eigenvalue weighted by Crippen LogP contribution is 2.16. The zero-order chi connectivity index (χ0) is 15.7. The van der Waals surface area contributed by atoms with Gasteiger partial charge in [-0.15, -0.1) is 0 Å². The molecular weight excluding hydrogens is 266 g/mol. The Morgan fingerprint density at radius 3 is 2.67 bits per heavy atom. The summed E-state index contributed by atoms with van der Waals surface area (Å²) in [5, 5.41) is 12.3. The molecule has 0 aliphatic carbocycles. The number of aromatic hydroxyl groups is 1. The molecule has 0 heterocycles. The fourth-order valence-electron chi connectivity index (χ4n) is 1.74. The summed E-state index contributed by atoms with van der Waals surface area (Å²) in [5.41, 5.74) is 0.461. The van der Waals surface area contributed by atoms with E-state index in [0.717, 1.165) is 18.4 Å². The average molecular weight is 291 g/mol. The van der Waals surface area contributed by atoms with Crippen LogP contribution in [-0.4, -0.2) is 23.3 Å². The van der Waals surface area contributed by atoms with Gasteiger partial charge in [-0.25, -0.2) is 4.79 Å². The van der Waals surface area contributed by atoms with Crippen molar-refractivity contribution < 1.29 is 14.6 Å². The lowest BCUT2D eigenvalue weighted by atomic mass is 10.1. The van der Waals surface area contributed by atoms with Gasteiger partial charge in [0.05, 0.1) is 0 Å². The number of carbonyl (C=O) groups is 1. The Morgan fingerprint density at radius 1 is 1.29 bits per heavy atom. The van der Waals surface area contributed by atoms with Gasteiger partial charge < -0.3 is 15.2 Å². The number of hydrogen-bond donors (Lipinski definition) is 2. The third-order valence-corrected chi connectivity index (χ3v) is 2.71. The second-order valence-corrected chi connectivity index (χ2v) is 5.88. The van der Waals surface area contributed by atoms with E-state index in [2.05, 4.69) is 11.4 Å². The van der Waals surface area contributed by atoms with Gasteiger partial charge in [0.2, 0.25) is 0 Å². The minimum atomic E-state index is -0.457. The minimum Gasteiger partial charge on any atom is -0.508 e. The molecule has 4 nitrogen and oxygen atoms in total. The Hall–Kier alpha value is -1.97. The highest BCUT2D eigenvalue weighted by molar-refractivity contribution is 5.67. The largest absolute Gasteiger partial charge is 0.508 e. The Labute approximate surface area is 126 Å². The maximum Gasteiger partial charge on any atom is 0.407 e. The van der Waals surface area contributed by atoms with Crippen molar-refractivity contribution in [2.45, 2.75) is 45.6 Å². The van der Waals surface area contributed by atoms with Crippen LogP contribution >= 0.6 is 0 Å². The van der Waals surface area contributed by atoms with E-state index in [1.807, 2.05) is 45.0 Å². The molecule has 1 aromatic carbocycles. The molecule has 1 amide bonds. The van der Waals surface area contributed by atoms with Crippen LogP contribution in [0.1, 0.15) is 39.2 Å². The number of allylic oxidation sites excluding steroid dienone is 2. The first-order valence-corrected chi connectivity index (χ1v) is 7.27. The first-order chi connectivity index (χ1) is 9.88. The van der Waals surface area contributed by atoms with Gasteiger partial charge in [0, 0.05) is 6.54 Å². The molecule has 1 aromatic rings. The molecule has 4 heteroatoms. The van der Waals surface area contributed by atoms with Gasteiger partial charge >= 0.3 is 6.09 Å². The van der Waals surface area contributed by atoms with Crippen molar-refractivity contribution in [3.8, 4) is 5.75 Å². The predicted molar refractivity (Wildman–Crippen MR) is 84.4 cm³/mol. The van der Waals surface area contributed by atoms with Gasteiger partial charge in [0.1, 0.15) is 11.4 Å². The van der Waals surface area contributed by atoms with Crippen molar-refractivity contribution in [1.29, 1.82) is 0 Å². The number of unbranched alkanes of at least 4 members (excludes halogenated alkanes) is 1. The van der Waals surface area contributed by atoms with Gasteiger partial charge in [-0.3, -0.25) is 0 Å². The Balaban J connectivity index is 2.13. The normalized spacial score (nSPS) is 11.6. The Kier molecular flexibility index (Phi) is 6.79. The number of benzene rings is 1. The number of phenolic OH excluding ortho intramolecular Hbond substituents is 1. The Bertz CT molecular complexity index is 475. The van der Waals surface area contributed by atoms with Crippen molar-refractivity contribution in [1.82, 2.24) is 5.32 Å². The number of hydrogen-bond acceptors (Lipinski definition) is 3. The van der Waals surface area contributed by atoms with E-state index in [9.17, 15) is 9.90 Å². The molecule has 21 heavy (non-hydrogen) atoms. The van der Waals surface area contributed by atoms with E-state index in [0.29, 0.717) is 18.7 Å². The molecule has 0 spiro atoms. The van der Waals surface area contributed by atoms with Crippen LogP contribution in [0.15, 0.2) is 36.4 Å². The Morgan fingerprint density at radius 2 is 2.00 bits per heavy atom. The number of phenols is 1. The van der Waals surface area contributed by atoms with Gasteiger partial charge in [-0.05, 0) is 51.7 Å². The SMILES string of the molecule is CC(C)(C)OC(=O)NCCCC=CCc1ccccc1O. The monoisotopic (exact) mass is 291 g/mol. The van der Waals surface area contributed by atoms with E-state index in [4.69, 9.17) is 4.74 Å². The lowest BCUT2D eigenvalue weighted by Gasteiger charge is -2.19. The van der Waals surface area contributed by atoms with Crippen LogP contribution in [0.5, 0.6) is 5.75 Å². The maximum atomic E-state index is 11.4. The molecule has 0 radical (unpaired) electrons. The molecule has 2 N–H and O–H groups in total. The third kappa shape index (κ3) is 8.02. The molecule has 0 bridgehead atoms. The summed E-state index contributed by atoms with van der Waals surface area (Å²) in [5.74, 6) is 0.328. The van der Waals surface area contributed by atoms with E-state index in [1.165, 1.54) is 0 Å². The summed E-state index contributed by atoms with van der Waals surface area (Å²) in [7, 11) is 0. The molecule has 0 fully saturated rings. The van der Waals surface area contributed by atoms with Gasteiger partial charge in [0.25, 0.3) is 0 Å². The summed E-state index contributed by atoms with van der Waals surface area (Å²) in [6, 6.07) is 7.32. The molecule has 116 valence electrons. The molecule has 0 atom stereocenters. The second kappa shape index (κ2) is 8.35. The highest BCUT2D eigenvalue weighted by atomic mass is 16.6. The van der Waals surface area contributed by atoms with Crippen LogP contribution in [-0.2, 0) is 11.2 Å². The zero-order valence-electron chi connectivity index (χ0n) is 13.1. The topological polar surface area (TPSA) is 58.6 Å². The van der Waals surface area contributed by atoms with Gasteiger partial charge in [0.15, 0.2) is 0 Å². The predicted octanol–water partition coefficient (Wildman–Crippen LogP) is 3.80. The summed E-state index contributed by atoms with van der Waals surface area (Å²) in [6.07, 6.45) is 6.17. The number of alkyl carbamates (subject to hydrolysis) is 1. The van der Waals surface area contributed by atoms with Crippen LogP contribution in [0.3, 0.4) is 0 Å². The van der Waals surface area contributed by atoms with E-state index in [1.54, 1.807) is 6.07 Å². The smallest absolute Gasteiger partial charge is 0.407 e. The number of amides is 1. The molecular formula is C17H25NO3. The van der Waals surface area contributed by atoms with Crippen LogP contribution in [0, 0.1) is 0 Å². The maximum absolute atomic E-state index is 11.4. The van der Waals surface area contributed by atoms with Crippen LogP contribution in [0.4, 0.5) is 4.79 Å². The first-order valence-electron chi connectivity index (χ1n) is 7.27. The van der Waals surface area contributed by atoms with Gasteiger partial charge in [-0.2, -0.15) is 0 Å². The minimum absolute atomic E-state index is 0.328. The van der Waals surface area contributed by atoms with Crippen molar-refractivity contribution >= 4 is 6.09 Å². The highest BCUT2D eigenvalue weighted by Gasteiger charge is 2.15. The number of rotatable bonds is 6. The van der Waals surface area contributed by atoms with Crippen LogP contribution in [0.25, 0.3) is 0 Å². The number of ether oxygens (including phenoxy) is 1. The molecule has 0 saturated heterocycles. The van der Waals surface area contributed by atoms with Crippen molar-refractivity contribution in [3.05, 3.63) is 42.0 Å². The van der Waals surface area contributed by atoms with E-state index in [-0.39, 0.29) is 6.09 Å². The summed E-state index contributed by atoms with van der Waals surface area (Å²) < 4.78 is 5.14. The third-order valence-electron chi connectivity index (χ3n) is 2.71. The van der Waals surface area contributed by atoms with E-state index < -0.39 is 5.60 Å². The molecule has 0 aliphatic heterocycles. The van der Waals surface area contributed by atoms with Gasteiger partial charge in [-0.1, -0.05) is 30.4 Å². The molecule has 1 rings (SSSR count).